The number of nitrogens with zero attached hydrogens (tertiary/aromatic N) is 4. The predicted octanol–water partition coefficient (Wildman–Crippen LogP) is 2.55. The number of carbonyl (C=O) groups is 1. The molecular formula is C20H23N5O2S. The van der Waals surface area contributed by atoms with Crippen LogP contribution in [0, 0.1) is 12.8 Å². The zero-order chi connectivity index (χ0) is 19.7. The van der Waals surface area contributed by atoms with Crippen LogP contribution in [-0.4, -0.2) is 33.6 Å². The number of hydrogen-bond donors (Lipinski definition) is 1. The standard InChI is InChI=1S/C20H23N5O2S/c1-13-11-17(26)25-19(21-13)28-20(23-25)24-10-6-9-16(12-24)18(27)22-14(2)15-7-4-3-5-8-15/h3-5,7-8,11,14,16H,6,9-10,12H2,1-2H3,(H,22,27)/t14-,16-/m0/s1. The average Bonchev–Trinajstić information content (AvgIpc) is 3.13. The number of hydrogen-bond acceptors (Lipinski definition) is 6. The van der Waals surface area contributed by atoms with Crippen molar-refractivity contribution in [2.75, 3.05) is 18.0 Å². The second kappa shape index (κ2) is 7.71. The molecule has 0 unspecified atom stereocenters. The van der Waals surface area contributed by atoms with Crippen LogP contribution in [0.1, 0.15) is 37.1 Å². The first-order valence-corrected chi connectivity index (χ1v) is 10.3. The zero-order valence-electron chi connectivity index (χ0n) is 16.0. The number of fused-ring (bicyclic) bond motifs is 1. The van der Waals surface area contributed by atoms with Gasteiger partial charge in [-0.1, -0.05) is 41.7 Å². The van der Waals surface area contributed by atoms with Crippen molar-refractivity contribution in [3.63, 3.8) is 0 Å². The van der Waals surface area contributed by atoms with Gasteiger partial charge >= 0.3 is 0 Å². The van der Waals surface area contributed by atoms with Gasteiger partial charge in [-0.2, -0.15) is 4.52 Å². The Kier molecular flexibility index (Phi) is 5.13. The van der Waals surface area contributed by atoms with E-state index in [9.17, 15) is 9.59 Å². The number of piperidine rings is 1. The Morgan fingerprint density at radius 2 is 2.11 bits per heavy atom. The van der Waals surface area contributed by atoms with Crippen molar-refractivity contribution in [1.82, 2.24) is 19.9 Å². The van der Waals surface area contributed by atoms with Gasteiger partial charge in [0, 0.05) is 24.8 Å². The number of carbonyl (C=O) groups excluding carboxylic acids is 1. The lowest BCUT2D eigenvalue weighted by atomic mass is 9.96. The van der Waals surface area contributed by atoms with Gasteiger partial charge in [-0.3, -0.25) is 9.59 Å². The number of anilines is 1. The third-order valence-corrected chi connectivity index (χ3v) is 6.05. The first kappa shape index (κ1) is 18.6. The molecule has 1 aliphatic heterocycles. The highest BCUT2D eigenvalue weighted by Crippen LogP contribution is 2.27. The average molecular weight is 398 g/mol. The molecule has 0 radical (unpaired) electrons. The fraction of sp³-hybridized carbons (Fsp3) is 0.400. The van der Waals surface area contributed by atoms with Crippen LogP contribution in [0.3, 0.4) is 0 Å². The van der Waals surface area contributed by atoms with Gasteiger partial charge in [0.2, 0.25) is 16.0 Å². The van der Waals surface area contributed by atoms with Crippen molar-refractivity contribution in [3.05, 3.63) is 58.0 Å². The van der Waals surface area contributed by atoms with E-state index in [0.29, 0.717) is 17.2 Å². The largest absolute Gasteiger partial charge is 0.349 e. The maximum Gasteiger partial charge on any atom is 0.275 e. The molecule has 3 heterocycles. The molecule has 0 aliphatic carbocycles. The molecule has 8 heteroatoms. The Hall–Kier alpha value is -2.74. The van der Waals surface area contributed by atoms with Crippen LogP contribution in [-0.2, 0) is 4.79 Å². The van der Waals surface area contributed by atoms with Crippen LogP contribution in [0.5, 0.6) is 0 Å². The predicted molar refractivity (Wildman–Crippen MR) is 110 cm³/mol. The summed E-state index contributed by atoms with van der Waals surface area (Å²) in [5.41, 5.74) is 1.61. The molecule has 2 atom stereocenters. The number of rotatable bonds is 4. The van der Waals surface area contributed by atoms with E-state index >= 15 is 0 Å². The quantitative estimate of drug-likeness (QED) is 0.732. The Labute approximate surface area is 167 Å². The van der Waals surface area contributed by atoms with Gasteiger partial charge in [0.05, 0.1) is 12.0 Å². The Balaban J connectivity index is 1.48. The van der Waals surface area contributed by atoms with Gasteiger partial charge in [0.25, 0.3) is 5.56 Å². The van der Waals surface area contributed by atoms with E-state index in [0.717, 1.165) is 30.1 Å². The van der Waals surface area contributed by atoms with Crippen molar-refractivity contribution >= 4 is 27.3 Å². The van der Waals surface area contributed by atoms with Crippen LogP contribution in [0.4, 0.5) is 5.13 Å². The summed E-state index contributed by atoms with van der Waals surface area (Å²) >= 11 is 1.39. The van der Waals surface area contributed by atoms with E-state index in [4.69, 9.17) is 0 Å². The maximum atomic E-state index is 12.8. The normalized spacial score (nSPS) is 18.2. The minimum absolute atomic E-state index is 0.0303. The van der Waals surface area contributed by atoms with Crippen molar-refractivity contribution in [3.8, 4) is 0 Å². The van der Waals surface area contributed by atoms with Crippen molar-refractivity contribution in [2.45, 2.75) is 32.7 Å². The molecule has 7 nitrogen and oxygen atoms in total. The van der Waals surface area contributed by atoms with Crippen molar-refractivity contribution < 1.29 is 4.79 Å². The van der Waals surface area contributed by atoms with Crippen molar-refractivity contribution in [2.24, 2.45) is 5.92 Å². The monoisotopic (exact) mass is 397 g/mol. The van der Waals surface area contributed by atoms with Gasteiger partial charge < -0.3 is 10.2 Å². The number of aryl methyl sites for hydroxylation is 1. The summed E-state index contributed by atoms with van der Waals surface area (Å²) in [6.45, 7) is 5.23. The first-order chi connectivity index (χ1) is 13.5. The fourth-order valence-electron chi connectivity index (χ4n) is 3.56. The molecule has 28 heavy (non-hydrogen) atoms. The van der Waals surface area contributed by atoms with E-state index in [2.05, 4.69) is 20.3 Å². The smallest absolute Gasteiger partial charge is 0.275 e. The lowest BCUT2D eigenvalue weighted by Crippen LogP contribution is -2.43. The lowest BCUT2D eigenvalue weighted by molar-refractivity contribution is -0.125. The molecule has 1 N–H and O–H groups in total. The van der Waals surface area contributed by atoms with Gasteiger partial charge in [-0.15, -0.1) is 5.10 Å². The first-order valence-electron chi connectivity index (χ1n) is 9.49. The molecule has 0 saturated carbocycles. The van der Waals surface area contributed by atoms with Gasteiger partial charge in [-0.25, -0.2) is 4.98 Å². The Morgan fingerprint density at radius 3 is 2.89 bits per heavy atom. The van der Waals surface area contributed by atoms with E-state index < -0.39 is 0 Å². The molecule has 0 spiro atoms. The number of aromatic nitrogens is 3. The summed E-state index contributed by atoms with van der Waals surface area (Å²) in [5.74, 6) is -0.0355. The summed E-state index contributed by atoms with van der Waals surface area (Å²) in [4.78, 5) is 32.0. The summed E-state index contributed by atoms with van der Waals surface area (Å²) in [6.07, 6.45) is 1.77. The number of nitrogens with one attached hydrogen (secondary N) is 1. The number of amides is 1. The van der Waals surface area contributed by atoms with Crippen LogP contribution in [0.2, 0.25) is 0 Å². The highest BCUT2D eigenvalue weighted by atomic mass is 32.1. The van der Waals surface area contributed by atoms with Crippen LogP contribution in [0.25, 0.3) is 4.96 Å². The molecular weight excluding hydrogens is 374 g/mol. The fourth-order valence-corrected chi connectivity index (χ4v) is 4.55. The third-order valence-electron chi connectivity index (χ3n) is 5.08. The highest BCUT2D eigenvalue weighted by molar-refractivity contribution is 7.20. The van der Waals surface area contributed by atoms with E-state index in [1.54, 1.807) is 6.92 Å². The van der Waals surface area contributed by atoms with Crippen LogP contribution >= 0.6 is 11.3 Å². The van der Waals surface area contributed by atoms with Gasteiger partial charge in [0.15, 0.2) is 0 Å². The van der Waals surface area contributed by atoms with E-state index in [1.807, 2.05) is 37.3 Å². The molecule has 146 valence electrons. The van der Waals surface area contributed by atoms with Gasteiger partial charge in [0.1, 0.15) is 0 Å². The molecule has 1 saturated heterocycles. The minimum Gasteiger partial charge on any atom is -0.349 e. The molecule has 1 amide bonds. The zero-order valence-corrected chi connectivity index (χ0v) is 16.8. The minimum atomic E-state index is -0.173. The van der Waals surface area contributed by atoms with Crippen LogP contribution < -0.4 is 15.8 Å². The molecule has 0 bridgehead atoms. The Morgan fingerprint density at radius 1 is 1.32 bits per heavy atom. The molecule has 1 aromatic carbocycles. The Bertz CT molecular complexity index is 1050. The highest BCUT2D eigenvalue weighted by Gasteiger charge is 2.28. The lowest BCUT2D eigenvalue weighted by Gasteiger charge is -2.32. The van der Waals surface area contributed by atoms with Crippen LogP contribution in [0.15, 0.2) is 41.2 Å². The molecule has 3 aromatic rings. The molecule has 4 rings (SSSR count). The third kappa shape index (κ3) is 3.77. The van der Waals surface area contributed by atoms with E-state index in [1.165, 1.54) is 21.9 Å². The van der Waals surface area contributed by atoms with Gasteiger partial charge in [-0.05, 0) is 32.3 Å². The SMILES string of the molecule is Cc1cc(=O)n2nc(N3CCC[C@H](C(=O)N[C@@H](C)c4ccccc4)C3)sc2n1. The molecule has 1 fully saturated rings. The summed E-state index contributed by atoms with van der Waals surface area (Å²) in [7, 11) is 0. The molecule has 1 aliphatic rings. The summed E-state index contributed by atoms with van der Waals surface area (Å²) in [6, 6.07) is 11.4. The second-order valence-electron chi connectivity index (χ2n) is 7.24. The topological polar surface area (TPSA) is 79.6 Å². The second-order valence-corrected chi connectivity index (χ2v) is 8.18. The summed E-state index contributed by atoms with van der Waals surface area (Å²) in [5, 5.41) is 8.30. The maximum absolute atomic E-state index is 12.8. The molecule has 2 aromatic heterocycles. The van der Waals surface area contributed by atoms with Crippen molar-refractivity contribution in [1.29, 1.82) is 0 Å². The summed E-state index contributed by atoms with van der Waals surface area (Å²) < 4.78 is 1.34. The number of benzene rings is 1. The van der Waals surface area contributed by atoms with E-state index in [-0.39, 0.29) is 23.4 Å².